The van der Waals surface area contributed by atoms with E-state index in [1.165, 1.54) is 12.1 Å². The molecule has 0 saturated carbocycles. The highest BCUT2D eigenvalue weighted by molar-refractivity contribution is 5.80. The molecular formula is C18H17FN2O3. The predicted octanol–water partition coefficient (Wildman–Crippen LogP) is 3.77. The number of ether oxygens (including phenoxy) is 3. The summed E-state index contributed by atoms with van der Waals surface area (Å²) in [6, 6.07) is 6.37. The summed E-state index contributed by atoms with van der Waals surface area (Å²) in [5.74, 6) is 1.20. The first-order valence-corrected chi connectivity index (χ1v) is 7.30. The van der Waals surface area contributed by atoms with Gasteiger partial charge in [-0.2, -0.15) is 0 Å². The van der Waals surface area contributed by atoms with Crippen molar-refractivity contribution in [1.82, 2.24) is 9.97 Å². The van der Waals surface area contributed by atoms with Crippen LogP contribution in [0.1, 0.15) is 5.56 Å². The number of benzene rings is 2. The zero-order valence-electron chi connectivity index (χ0n) is 13.9. The van der Waals surface area contributed by atoms with Crippen LogP contribution in [-0.4, -0.2) is 31.3 Å². The summed E-state index contributed by atoms with van der Waals surface area (Å²) in [4.78, 5) is 8.93. The van der Waals surface area contributed by atoms with Gasteiger partial charge in [0.1, 0.15) is 5.82 Å². The largest absolute Gasteiger partial charge is 0.493 e. The fraction of sp³-hybridized carbons (Fsp3) is 0.222. The summed E-state index contributed by atoms with van der Waals surface area (Å²) in [6.45, 7) is 1.80. The maximum absolute atomic E-state index is 13.6. The Balaban J connectivity index is 2.20. The van der Waals surface area contributed by atoms with Gasteiger partial charge in [-0.3, -0.25) is 4.98 Å². The van der Waals surface area contributed by atoms with Crippen molar-refractivity contribution in [2.24, 2.45) is 0 Å². The number of fused-ring (bicyclic) bond motifs is 1. The molecule has 1 heterocycles. The first-order chi connectivity index (χ1) is 11.6. The number of halogens is 1. The smallest absolute Gasteiger partial charge is 0.203 e. The minimum Gasteiger partial charge on any atom is -0.493 e. The highest BCUT2D eigenvalue weighted by atomic mass is 19.1. The summed E-state index contributed by atoms with van der Waals surface area (Å²) in [5.41, 5.74) is 3.24. The van der Waals surface area contributed by atoms with Crippen LogP contribution >= 0.6 is 0 Å². The number of methoxy groups -OCH3 is 3. The molecule has 1 aromatic heterocycles. The average molecular weight is 328 g/mol. The van der Waals surface area contributed by atoms with Crippen molar-refractivity contribution < 1.29 is 18.6 Å². The SMILES string of the molecule is COc1cc(-c2cnc3c(C)cc(F)cc3n2)cc(OC)c1OC. The zero-order chi connectivity index (χ0) is 17.3. The molecule has 0 bridgehead atoms. The lowest BCUT2D eigenvalue weighted by Crippen LogP contribution is -1.97. The van der Waals surface area contributed by atoms with Gasteiger partial charge in [-0.25, -0.2) is 9.37 Å². The molecule has 3 aromatic rings. The number of aromatic nitrogens is 2. The molecule has 5 nitrogen and oxygen atoms in total. The van der Waals surface area contributed by atoms with Crippen molar-refractivity contribution >= 4 is 11.0 Å². The molecule has 0 fully saturated rings. The molecule has 0 aliphatic rings. The average Bonchev–Trinajstić information content (AvgIpc) is 2.59. The second kappa shape index (κ2) is 6.31. The van der Waals surface area contributed by atoms with E-state index in [1.807, 2.05) is 0 Å². The molecule has 3 rings (SSSR count). The molecule has 0 atom stereocenters. The lowest BCUT2D eigenvalue weighted by atomic mass is 10.1. The van der Waals surface area contributed by atoms with Crippen LogP contribution in [0.5, 0.6) is 17.2 Å². The highest BCUT2D eigenvalue weighted by Gasteiger charge is 2.15. The van der Waals surface area contributed by atoms with E-state index in [9.17, 15) is 4.39 Å². The van der Waals surface area contributed by atoms with Crippen molar-refractivity contribution in [2.75, 3.05) is 21.3 Å². The molecule has 124 valence electrons. The lowest BCUT2D eigenvalue weighted by Gasteiger charge is -2.14. The fourth-order valence-corrected chi connectivity index (χ4v) is 2.62. The molecule has 0 aliphatic heterocycles. The van der Waals surface area contributed by atoms with E-state index in [4.69, 9.17) is 14.2 Å². The summed E-state index contributed by atoms with van der Waals surface area (Å²) in [5, 5.41) is 0. The van der Waals surface area contributed by atoms with E-state index < -0.39 is 0 Å². The minimum atomic E-state index is -0.337. The summed E-state index contributed by atoms with van der Waals surface area (Å²) in [7, 11) is 4.64. The summed E-state index contributed by atoms with van der Waals surface area (Å²) in [6.07, 6.45) is 1.65. The second-order valence-electron chi connectivity index (χ2n) is 5.26. The van der Waals surface area contributed by atoms with Gasteiger partial charge < -0.3 is 14.2 Å². The first kappa shape index (κ1) is 16.0. The Morgan fingerprint density at radius 1 is 0.917 bits per heavy atom. The molecule has 6 heteroatoms. The highest BCUT2D eigenvalue weighted by Crippen LogP contribution is 2.40. The monoisotopic (exact) mass is 328 g/mol. The van der Waals surface area contributed by atoms with Crippen LogP contribution in [0.4, 0.5) is 4.39 Å². The molecule has 0 amide bonds. The number of hydrogen-bond donors (Lipinski definition) is 0. The molecule has 0 aliphatic carbocycles. The Labute approximate surface area is 139 Å². The van der Waals surface area contributed by atoms with Crippen molar-refractivity contribution in [3.8, 4) is 28.5 Å². The Kier molecular flexibility index (Phi) is 4.20. The molecule has 0 radical (unpaired) electrons. The first-order valence-electron chi connectivity index (χ1n) is 7.30. The number of aryl methyl sites for hydroxylation is 1. The van der Waals surface area contributed by atoms with Crippen LogP contribution in [0.15, 0.2) is 30.5 Å². The number of nitrogens with zero attached hydrogens (tertiary/aromatic N) is 2. The fourth-order valence-electron chi connectivity index (χ4n) is 2.62. The molecule has 24 heavy (non-hydrogen) atoms. The number of rotatable bonds is 4. The van der Waals surface area contributed by atoms with Gasteiger partial charge in [0.05, 0.1) is 44.3 Å². The van der Waals surface area contributed by atoms with Crippen LogP contribution in [0.25, 0.3) is 22.3 Å². The van der Waals surface area contributed by atoms with Gasteiger partial charge in [-0.1, -0.05) is 0 Å². The molecule has 0 unspecified atom stereocenters. The molecule has 0 spiro atoms. The molecular weight excluding hydrogens is 311 g/mol. The van der Waals surface area contributed by atoms with E-state index in [1.54, 1.807) is 46.6 Å². The van der Waals surface area contributed by atoms with Crippen LogP contribution in [-0.2, 0) is 0 Å². The third kappa shape index (κ3) is 2.71. The normalized spacial score (nSPS) is 10.7. The summed E-state index contributed by atoms with van der Waals surface area (Å²) < 4.78 is 29.7. The van der Waals surface area contributed by atoms with E-state index in [0.29, 0.717) is 34.0 Å². The van der Waals surface area contributed by atoms with Gasteiger partial charge >= 0.3 is 0 Å². The van der Waals surface area contributed by atoms with E-state index in [2.05, 4.69) is 9.97 Å². The quantitative estimate of drug-likeness (QED) is 0.730. The Morgan fingerprint density at radius 2 is 1.58 bits per heavy atom. The molecule has 0 N–H and O–H groups in total. The summed E-state index contributed by atoms with van der Waals surface area (Å²) >= 11 is 0. The van der Waals surface area contributed by atoms with Crippen molar-refractivity contribution in [3.05, 3.63) is 41.8 Å². The topological polar surface area (TPSA) is 53.5 Å². The second-order valence-corrected chi connectivity index (χ2v) is 5.26. The zero-order valence-corrected chi connectivity index (χ0v) is 13.9. The number of hydrogen-bond acceptors (Lipinski definition) is 5. The van der Waals surface area contributed by atoms with Crippen molar-refractivity contribution in [2.45, 2.75) is 6.92 Å². The standard InChI is InChI=1S/C18H17FN2O3/c1-10-5-12(19)8-13-17(10)20-9-14(21-13)11-6-15(22-2)18(24-4)16(7-11)23-3/h5-9H,1-4H3. The van der Waals surface area contributed by atoms with Crippen LogP contribution in [0.3, 0.4) is 0 Å². The third-order valence-corrected chi connectivity index (χ3v) is 3.76. The van der Waals surface area contributed by atoms with Gasteiger partial charge in [0.25, 0.3) is 0 Å². The maximum Gasteiger partial charge on any atom is 0.203 e. The van der Waals surface area contributed by atoms with Crippen molar-refractivity contribution in [3.63, 3.8) is 0 Å². The molecule has 2 aromatic carbocycles. The van der Waals surface area contributed by atoms with Crippen LogP contribution in [0, 0.1) is 12.7 Å². The maximum atomic E-state index is 13.6. The van der Waals surface area contributed by atoms with Crippen LogP contribution < -0.4 is 14.2 Å². The Morgan fingerprint density at radius 3 is 2.17 bits per heavy atom. The van der Waals surface area contributed by atoms with Gasteiger partial charge in [0.15, 0.2) is 11.5 Å². The molecule has 0 saturated heterocycles. The van der Waals surface area contributed by atoms with Gasteiger partial charge in [0.2, 0.25) is 5.75 Å². The van der Waals surface area contributed by atoms with E-state index in [0.717, 1.165) is 11.1 Å². The van der Waals surface area contributed by atoms with Gasteiger partial charge in [-0.15, -0.1) is 0 Å². The van der Waals surface area contributed by atoms with E-state index in [-0.39, 0.29) is 5.82 Å². The minimum absolute atomic E-state index is 0.337. The predicted molar refractivity (Wildman–Crippen MR) is 89.3 cm³/mol. The van der Waals surface area contributed by atoms with E-state index >= 15 is 0 Å². The van der Waals surface area contributed by atoms with Crippen molar-refractivity contribution in [1.29, 1.82) is 0 Å². The third-order valence-electron chi connectivity index (χ3n) is 3.76. The van der Waals surface area contributed by atoms with Gasteiger partial charge in [0, 0.05) is 11.6 Å². The van der Waals surface area contributed by atoms with Crippen LogP contribution in [0.2, 0.25) is 0 Å². The van der Waals surface area contributed by atoms with Gasteiger partial charge in [-0.05, 0) is 30.7 Å². The lowest BCUT2D eigenvalue weighted by molar-refractivity contribution is 0.324. The Hall–Kier alpha value is -2.89. The Bertz CT molecular complexity index is 887.